The second-order valence-electron chi connectivity index (χ2n) is 4.58. The Kier molecular flexibility index (Phi) is 4.08. The molecule has 0 aromatic rings. The van der Waals surface area contributed by atoms with E-state index in [4.69, 9.17) is 0 Å². The maximum absolute atomic E-state index is 11.0. The molecule has 1 aliphatic heterocycles. The Morgan fingerprint density at radius 3 is 2.64 bits per heavy atom. The van der Waals surface area contributed by atoms with Crippen LogP contribution in [0, 0.1) is 0 Å². The minimum atomic E-state index is 0.295. The molecule has 3 nitrogen and oxygen atoms in total. The van der Waals surface area contributed by atoms with Gasteiger partial charge in [0.05, 0.1) is 0 Å². The molecular formula is C11H22N2O. The summed E-state index contributed by atoms with van der Waals surface area (Å²) in [5, 5.41) is 0. The molecule has 0 amide bonds. The van der Waals surface area contributed by atoms with Crippen molar-refractivity contribution in [3.63, 3.8) is 0 Å². The first-order valence-electron chi connectivity index (χ1n) is 5.44. The number of hydrogen-bond acceptors (Lipinski definition) is 3. The molecule has 0 aliphatic carbocycles. The van der Waals surface area contributed by atoms with Gasteiger partial charge in [-0.2, -0.15) is 0 Å². The van der Waals surface area contributed by atoms with Gasteiger partial charge in [0.1, 0.15) is 5.78 Å². The van der Waals surface area contributed by atoms with Crippen molar-refractivity contribution in [1.82, 2.24) is 9.80 Å². The first-order chi connectivity index (χ1) is 6.50. The molecule has 1 aliphatic rings. The lowest BCUT2D eigenvalue weighted by Gasteiger charge is -2.40. The van der Waals surface area contributed by atoms with E-state index in [0.717, 1.165) is 19.6 Å². The fourth-order valence-corrected chi connectivity index (χ4v) is 2.02. The van der Waals surface area contributed by atoms with E-state index in [1.807, 2.05) is 0 Å². The van der Waals surface area contributed by atoms with Gasteiger partial charge < -0.3 is 4.90 Å². The fraction of sp³-hybridized carbons (Fsp3) is 0.909. The van der Waals surface area contributed by atoms with Crippen molar-refractivity contribution in [3.05, 3.63) is 0 Å². The summed E-state index contributed by atoms with van der Waals surface area (Å²) in [7, 11) is 2.16. The van der Waals surface area contributed by atoms with Crippen LogP contribution in [0.15, 0.2) is 0 Å². The van der Waals surface area contributed by atoms with Crippen molar-refractivity contribution in [3.8, 4) is 0 Å². The SMILES string of the molecule is CC(=O)CC(C)N1CCN(C)C(C)C1. The third kappa shape index (κ3) is 3.07. The van der Waals surface area contributed by atoms with Gasteiger partial charge in [-0.05, 0) is 27.8 Å². The van der Waals surface area contributed by atoms with Crippen LogP contribution in [0.5, 0.6) is 0 Å². The van der Waals surface area contributed by atoms with E-state index in [-0.39, 0.29) is 0 Å². The van der Waals surface area contributed by atoms with Crippen LogP contribution in [0.1, 0.15) is 27.2 Å². The standard InChI is InChI=1S/C11H22N2O/c1-9(7-11(3)14)13-6-5-12(4)10(2)8-13/h9-10H,5-8H2,1-4H3. The fourth-order valence-electron chi connectivity index (χ4n) is 2.02. The first-order valence-corrected chi connectivity index (χ1v) is 5.44. The summed E-state index contributed by atoms with van der Waals surface area (Å²) in [6.45, 7) is 9.37. The summed E-state index contributed by atoms with van der Waals surface area (Å²) in [5.41, 5.74) is 0. The van der Waals surface area contributed by atoms with E-state index < -0.39 is 0 Å². The Hall–Kier alpha value is -0.410. The van der Waals surface area contributed by atoms with Crippen LogP contribution in [-0.4, -0.2) is 54.3 Å². The van der Waals surface area contributed by atoms with Crippen LogP contribution in [0.3, 0.4) is 0 Å². The average Bonchev–Trinajstić information content (AvgIpc) is 2.08. The highest BCUT2D eigenvalue weighted by molar-refractivity contribution is 5.76. The number of carbonyl (C=O) groups excluding carboxylic acids is 1. The van der Waals surface area contributed by atoms with E-state index in [1.54, 1.807) is 6.92 Å². The molecule has 82 valence electrons. The van der Waals surface area contributed by atoms with E-state index in [9.17, 15) is 4.79 Å². The van der Waals surface area contributed by atoms with Crippen LogP contribution in [0.25, 0.3) is 0 Å². The monoisotopic (exact) mass is 198 g/mol. The molecule has 1 saturated heterocycles. The van der Waals surface area contributed by atoms with Crippen molar-refractivity contribution in [2.45, 2.75) is 39.3 Å². The molecule has 0 aromatic carbocycles. The molecule has 1 fully saturated rings. The highest BCUT2D eigenvalue weighted by Crippen LogP contribution is 2.12. The molecule has 14 heavy (non-hydrogen) atoms. The molecule has 3 heteroatoms. The summed E-state index contributed by atoms with van der Waals surface area (Å²) in [6.07, 6.45) is 0.691. The number of ketones is 1. The predicted molar refractivity (Wildman–Crippen MR) is 58.4 cm³/mol. The molecule has 0 N–H and O–H groups in total. The first kappa shape index (κ1) is 11.7. The second-order valence-corrected chi connectivity index (χ2v) is 4.58. The zero-order valence-corrected chi connectivity index (χ0v) is 9.79. The molecule has 0 saturated carbocycles. The van der Waals surface area contributed by atoms with E-state index in [1.165, 1.54) is 0 Å². The smallest absolute Gasteiger partial charge is 0.131 e. The average molecular weight is 198 g/mol. The van der Waals surface area contributed by atoms with Gasteiger partial charge in [0.2, 0.25) is 0 Å². The number of rotatable bonds is 3. The van der Waals surface area contributed by atoms with Gasteiger partial charge in [-0.3, -0.25) is 9.69 Å². The maximum Gasteiger partial charge on any atom is 0.131 e. The van der Waals surface area contributed by atoms with Gasteiger partial charge in [-0.15, -0.1) is 0 Å². The Morgan fingerprint density at radius 2 is 2.14 bits per heavy atom. The summed E-state index contributed by atoms with van der Waals surface area (Å²) in [5.74, 6) is 0.295. The minimum Gasteiger partial charge on any atom is -0.301 e. The third-order valence-electron chi connectivity index (χ3n) is 3.20. The Bertz CT molecular complexity index is 205. The van der Waals surface area contributed by atoms with Crippen molar-refractivity contribution >= 4 is 5.78 Å². The van der Waals surface area contributed by atoms with Crippen LogP contribution in [0.2, 0.25) is 0 Å². The van der Waals surface area contributed by atoms with Gasteiger partial charge in [-0.25, -0.2) is 0 Å². The van der Waals surface area contributed by atoms with Crippen LogP contribution in [0.4, 0.5) is 0 Å². The van der Waals surface area contributed by atoms with E-state index in [0.29, 0.717) is 24.3 Å². The molecule has 0 spiro atoms. The number of likely N-dealkylation sites (N-methyl/N-ethyl adjacent to an activating group) is 1. The third-order valence-corrected chi connectivity index (χ3v) is 3.20. The highest BCUT2D eigenvalue weighted by atomic mass is 16.1. The molecule has 2 unspecified atom stereocenters. The van der Waals surface area contributed by atoms with Crippen LogP contribution >= 0.6 is 0 Å². The number of hydrogen-bond donors (Lipinski definition) is 0. The van der Waals surface area contributed by atoms with E-state index >= 15 is 0 Å². The van der Waals surface area contributed by atoms with Crippen molar-refractivity contribution in [1.29, 1.82) is 0 Å². The van der Waals surface area contributed by atoms with Gasteiger partial charge >= 0.3 is 0 Å². The van der Waals surface area contributed by atoms with Gasteiger partial charge in [-0.1, -0.05) is 0 Å². The minimum absolute atomic E-state index is 0.295. The molecular weight excluding hydrogens is 176 g/mol. The highest BCUT2D eigenvalue weighted by Gasteiger charge is 2.24. The lowest BCUT2D eigenvalue weighted by atomic mass is 10.1. The maximum atomic E-state index is 11.0. The van der Waals surface area contributed by atoms with Gasteiger partial charge in [0.15, 0.2) is 0 Å². The van der Waals surface area contributed by atoms with Crippen molar-refractivity contribution < 1.29 is 4.79 Å². The topological polar surface area (TPSA) is 23.6 Å². The normalized spacial score (nSPS) is 27.6. The summed E-state index contributed by atoms with van der Waals surface area (Å²) in [4.78, 5) is 15.8. The largest absolute Gasteiger partial charge is 0.301 e. The Morgan fingerprint density at radius 1 is 1.50 bits per heavy atom. The van der Waals surface area contributed by atoms with Gasteiger partial charge in [0.25, 0.3) is 0 Å². The number of nitrogens with zero attached hydrogens (tertiary/aromatic N) is 2. The Balaban J connectivity index is 2.41. The summed E-state index contributed by atoms with van der Waals surface area (Å²) in [6, 6.07) is 1.02. The number of carbonyl (C=O) groups is 1. The number of Topliss-reactive ketones (excluding diaryl/α,β-unsaturated/α-hetero) is 1. The molecule has 2 atom stereocenters. The molecule has 1 rings (SSSR count). The lowest BCUT2D eigenvalue weighted by molar-refractivity contribution is -0.118. The molecule has 0 aromatic heterocycles. The zero-order chi connectivity index (χ0) is 10.7. The van der Waals surface area contributed by atoms with Crippen LogP contribution in [-0.2, 0) is 4.79 Å². The zero-order valence-electron chi connectivity index (χ0n) is 9.79. The van der Waals surface area contributed by atoms with Crippen LogP contribution < -0.4 is 0 Å². The molecule has 0 bridgehead atoms. The summed E-state index contributed by atoms with van der Waals surface area (Å²) >= 11 is 0. The quantitative estimate of drug-likeness (QED) is 0.675. The summed E-state index contributed by atoms with van der Waals surface area (Å²) < 4.78 is 0. The molecule has 0 radical (unpaired) electrons. The van der Waals surface area contributed by atoms with Crippen molar-refractivity contribution in [2.75, 3.05) is 26.7 Å². The van der Waals surface area contributed by atoms with Gasteiger partial charge in [0, 0.05) is 38.1 Å². The predicted octanol–water partition coefficient (Wildman–Crippen LogP) is 0.990. The lowest BCUT2D eigenvalue weighted by Crippen LogP contribution is -2.53. The number of piperazine rings is 1. The second kappa shape index (κ2) is 4.89. The molecule has 1 heterocycles. The Labute approximate surface area is 87.1 Å². The van der Waals surface area contributed by atoms with E-state index in [2.05, 4.69) is 30.7 Å². The van der Waals surface area contributed by atoms with Crippen molar-refractivity contribution in [2.24, 2.45) is 0 Å².